The van der Waals surface area contributed by atoms with Crippen LogP contribution in [-0.4, -0.2) is 36.2 Å². The number of nitrogens with zero attached hydrogens (tertiary/aromatic N) is 2. The minimum Gasteiger partial charge on any atom is -0.454 e. The van der Waals surface area contributed by atoms with Gasteiger partial charge in [-0.25, -0.2) is 4.98 Å². The van der Waals surface area contributed by atoms with Gasteiger partial charge in [0.25, 0.3) is 5.91 Å². The van der Waals surface area contributed by atoms with Crippen LogP contribution in [0, 0.1) is 0 Å². The number of pyridine rings is 1. The molecule has 7 nitrogen and oxygen atoms in total. The molecule has 4 heterocycles. The molecule has 2 aliphatic heterocycles. The number of anilines is 1. The van der Waals surface area contributed by atoms with Gasteiger partial charge < -0.3 is 25.4 Å². The lowest BCUT2D eigenvalue weighted by Gasteiger charge is -2.27. The van der Waals surface area contributed by atoms with Gasteiger partial charge in [0.15, 0.2) is 11.5 Å². The smallest absolute Gasteiger partial charge is 0.263 e. The number of nitrogen functional groups attached to an aromatic ring is 1. The third-order valence-corrected chi connectivity index (χ3v) is 7.48. The summed E-state index contributed by atoms with van der Waals surface area (Å²) in [6.45, 7) is 2.36. The van der Waals surface area contributed by atoms with E-state index in [1.807, 2.05) is 36.4 Å². The molecule has 2 aromatic heterocycles. The second kappa shape index (κ2) is 8.30. The monoisotopic (exact) mass is 472 g/mol. The number of hydrogen-bond acceptors (Lipinski definition) is 7. The van der Waals surface area contributed by atoms with Crippen LogP contribution in [-0.2, 0) is 19.5 Å². The molecule has 0 atom stereocenters. The largest absolute Gasteiger partial charge is 0.454 e. The van der Waals surface area contributed by atoms with E-state index >= 15 is 0 Å². The summed E-state index contributed by atoms with van der Waals surface area (Å²) in [4.78, 5) is 21.8. The molecule has 172 valence electrons. The lowest BCUT2D eigenvalue weighted by molar-refractivity contribution is 0.0955. The molecule has 0 bridgehead atoms. The van der Waals surface area contributed by atoms with Gasteiger partial charge in [-0.05, 0) is 35.9 Å². The predicted octanol–water partition coefficient (Wildman–Crippen LogP) is 4.19. The minimum atomic E-state index is -0.202. The number of aromatic nitrogens is 1. The molecule has 3 N–H and O–H groups in total. The highest BCUT2D eigenvalue weighted by molar-refractivity contribution is 7.21. The van der Waals surface area contributed by atoms with E-state index in [0.29, 0.717) is 22.9 Å². The normalized spacial score (nSPS) is 14.9. The fourth-order valence-electron chi connectivity index (χ4n) is 4.67. The van der Waals surface area contributed by atoms with Gasteiger partial charge in [-0.3, -0.25) is 4.79 Å². The summed E-state index contributed by atoms with van der Waals surface area (Å²) < 4.78 is 10.8. The third-order valence-electron chi connectivity index (χ3n) is 6.38. The average Bonchev–Trinajstić information content (AvgIpc) is 3.45. The Morgan fingerprint density at radius 3 is 2.85 bits per heavy atom. The highest BCUT2D eigenvalue weighted by atomic mass is 32.1. The lowest BCUT2D eigenvalue weighted by atomic mass is 9.92. The molecule has 6 rings (SSSR count). The summed E-state index contributed by atoms with van der Waals surface area (Å²) in [7, 11) is 2.12. The Hall–Kier alpha value is -3.62. The summed E-state index contributed by atoms with van der Waals surface area (Å²) in [5.41, 5.74) is 12.6. The zero-order valence-corrected chi connectivity index (χ0v) is 19.6. The third kappa shape index (κ3) is 3.55. The van der Waals surface area contributed by atoms with Crippen LogP contribution < -0.4 is 20.5 Å². The first kappa shape index (κ1) is 20.9. The fourth-order valence-corrected chi connectivity index (χ4v) is 5.71. The number of nitrogens with two attached hydrogens (primary N) is 1. The zero-order valence-electron chi connectivity index (χ0n) is 18.8. The number of carbonyl (C=O) groups excluding carboxylic acids is 1. The summed E-state index contributed by atoms with van der Waals surface area (Å²) >= 11 is 1.36. The number of benzene rings is 2. The second-order valence-corrected chi connectivity index (χ2v) is 9.66. The quantitative estimate of drug-likeness (QED) is 0.463. The molecule has 2 aromatic carbocycles. The Labute approximate surface area is 201 Å². The number of amides is 1. The van der Waals surface area contributed by atoms with E-state index in [1.54, 1.807) is 0 Å². The Bertz CT molecular complexity index is 1420. The Kier molecular flexibility index (Phi) is 5.12. The van der Waals surface area contributed by atoms with Crippen molar-refractivity contribution >= 4 is 33.1 Å². The van der Waals surface area contributed by atoms with Crippen LogP contribution in [0.4, 0.5) is 5.69 Å². The predicted molar refractivity (Wildman–Crippen MR) is 133 cm³/mol. The van der Waals surface area contributed by atoms with Crippen LogP contribution in [0.1, 0.15) is 26.5 Å². The lowest BCUT2D eigenvalue weighted by Crippen LogP contribution is -2.27. The maximum absolute atomic E-state index is 13.2. The van der Waals surface area contributed by atoms with Gasteiger partial charge in [-0.1, -0.05) is 36.4 Å². The van der Waals surface area contributed by atoms with E-state index in [1.165, 1.54) is 16.9 Å². The Morgan fingerprint density at radius 2 is 2.00 bits per heavy atom. The molecule has 2 aliphatic rings. The van der Waals surface area contributed by atoms with Crippen LogP contribution >= 0.6 is 11.3 Å². The topological polar surface area (TPSA) is 89.7 Å². The molecule has 0 radical (unpaired) electrons. The first-order valence-corrected chi connectivity index (χ1v) is 12.0. The van der Waals surface area contributed by atoms with E-state index in [2.05, 4.69) is 29.4 Å². The van der Waals surface area contributed by atoms with Crippen molar-refractivity contribution in [3.8, 4) is 22.6 Å². The molecular formula is C26H24N4O3S. The number of thiophene rings is 1. The number of fused-ring (bicyclic) bond motifs is 3. The van der Waals surface area contributed by atoms with Gasteiger partial charge in [0.2, 0.25) is 6.79 Å². The van der Waals surface area contributed by atoms with Crippen LogP contribution in [0.25, 0.3) is 21.3 Å². The first-order chi connectivity index (χ1) is 16.6. The summed E-state index contributed by atoms with van der Waals surface area (Å²) in [5, 5.41) is 3.88. The van der Waals surface area contributed by atoms with Crippen LogP contribution in [0.15, 0.2) is 48.5 Å². The molecule has 8 heteroatoms. The summed E-state index contributed by atoms with van der Waals surface area (Å²) in [6.07, 6.45) is 0.880. The SMILES string of the molecule is CN1CCc2nc3sc(C(=O)NCc4ccc5c(c4)OCO5)c(N)c3c(-c3ccccc3)c2C1. The zero-order chi connectivity index (χ0) is 23.2. The molecular weight excluding hydrogens is 448 g/mol. The van der Waals surface area contributed by atoms with Crippen LogP contribution in [0.3, 0.4) is 0 Å². The number of nitrogens with one attached hydrogen (secondary N) is 1. The number of ether oxygens (including phenoxy) is 2. The van der Waals surface area contributed by atoms with Crippen LogP contribution in [0.5, 0.6) is 11.5 Å². The molecule has 0 saturated heterocycles. The van der Waals surface area contributed by atoms with Crippen molar-refractivity contribution in [2.45, 2.75) is 19.5 Å². The molecule has 0 saturated carbocycles. The number of carbonyl (C=O) groups is 1. The van der Waals surface area contributed by atoms with E-state index in [4.69, 9.17) is 20.2 Å². The maximum atomic E-state index is 13.2. The molecule has 1 amide bonds. The standard InChI is InChI=1S/C26H24N4O3S/c1-30-10-9-18-17(13-30)21(16-5-3-2-4-6-16)22-23(27)24(34-26(22)29-18)25(31)28-12-15-7-8-19-20(11-15)33-14-32-19/h2-8,11H,9-10,12-14,27H2,1H3,(H,28,31). The molecule has 0 spiro atoms. The number of rotatable bonds is 4. The maximum Gasteiger partial charge on any atom is 0.263 e. The van der Waals surface area contributed by atoms with Gasteiger partial charge in [0.05, 0.1) is 5.69 Å². The fraction of sp³-hybridized carbons (Fsp3) is 0.231. The van der Waals surface area contributed by atoms with E-state index < -0.39 is 0 Å². The first-order valence-electron chi connectivity index (χ1n) is 11.2. The van der Waals surface area contributed by atoms with Crippen molar-refractivity contribution in [2.75, 3.05) is 26.1 Å². The highest BCUT2D eigenvalue weighted by Crippen LogP contribution is 2.43. The summed E-state index contributed by atoms with van der Waals surface area (Å²) in [5.74, 6) is 1.21. The Balaban J connectivity index is 1.38. The van der Waals surface area contributed by atoms with Gasteiger partial charge in [-0.2, -0.15) is 0 Å². The minimum absolute atomic E-state index is 0.202. The van der Waals surface area contributed by atoms with Crippen molar-refractivity contribution < 1.29 is 14.3 Å². The summed E-state index contributed by atoms with van der Waals surface area (Å²) in [6, 6.07) is 15.9. The van der Waals surface area contributed by atoms with Crippen LogP contribution in [0.2, 0.25) is 0 Å². The van der Waals surface area contributed by atoms with Gasteiger partial charge in [-0.15, -0.1) is 11.3 Å². The van der Waals surface area contributed by atoms with Crippen molar-refractivity contribution in [3.05, 3.63) is 70.2 Å². The number of hydrogen-bond donors (Lipinski definition) is 2. The van der Waals surface area contributed by atoms with Gasteiger partial charge in [0, 0.05) is 42.7 Å². The van der Waals surface area contributed by atoms with E-state index in [0.717, 1.165) is 57.9 Å². The molecule has 4 aromatic rings. The van der Waals surface area contributed by atoms with Gasteiger partial charge in [0.1, 0.15) is 9.71 Å². The highest BCUT2D eigenvalue weighted by Gasteiger charge is 2.27. The molecule has 0 aliphatic carbocycles. The van der Waals surface area contributed by atoms with E-state index in [9.17, 15) is 4.79 Å². The van der Waals surface area contributed by atoms with Crippen molar-refractivity contribution in [1.82, 2.24) is 15.2 Å². The Morgan fingerprint density at radius 1 is 1.18 bits per heavy atom. The van der Waals surface area contributed by atoms with E-state index in [-0.39, 0.29) is 12.7 Å². The second-order valence-electron chi connectivity index (χ2n) is 8.66. The number of likely N-dealkylation sites (N-methyl/N-ethyl adjacent to an activating group) is 1. The van der Waals surface area contributed by atoms with Crippen molar-refractivity contribution in [1.29, 1.82) is 0 Å². The molecule has 0 unspecified atom stereocenters. The molecule has 0 fully saturated rings. The van der Waals surface area contributed by atoms with Gasteiger partial charge >= 0.3 is 0 Å². The molecule has 34 heavy (non-hydrogen) atoms. The van der Waals surface area contributed by atoms with Crippen molar-refractivity contribution in [3.63, 3.8) is 0 Å². The average molecular weight is 473 g/mol. The van der Waals surface area contributed by atoms with Crippen molar-refractivity contribution in [2.24, 2.45) is 0 Å².